The van der Waals surface area contributed by atoms with Gasteiger partial charge in [0.2, 0.25) is 0 Å². The molecule has 6 nitrogen and oxygen atoms in total. The summed E-state index contributed by atoms with van der Waals surface area (Å²) in [6.45, 7) is 6.88. The lowest BCUT2D eigenvalue weighted by molar-refractivity contribution is -0.117. The molecule has 34 heavy (non-hydrogen) atoms. The Balaban J connectivity index is 1.52. The van der Waals surface area contributed by atoms with E-state index in [1.54, 1.807) is 0 Å². The molecule has 1 aromatic heterocycles. The number of aryl methyl sites for hydroxylation is 1. The fourth-order valence-electron chi connectivity index (χ4n) is 5.06. The third-order valence-corrected chi connectivity index (χ3v) is 6.80. The number of rotatable bonds is 7. The standard InChI is InChI=1S/C28H34N2O4/c1-4-5-13-29-21-16-28(2,3)17-24(33)26(21)22(31)12-11-20-27-23(32)14-19(15-25(27)34-30-20)18-9-7-6-8-10-18/h6-10,19,31H,4-5,11-17H2,1-3H3. The summed E-state index contributed by atoms with van der Waals surface area (Å²) in [4.78, 5) is 30.6. The van der Waals surface area contributed by atoms with Gasteiger partial charge in [0.1, 0.15) is 11.5 Å². The number of allylic oxidation sites excluding steroid dienone is 2. The van der Waals surface area contributed by atoms with E-state index in [0.29, 0.717) is 67.0 Å². The fraction of sp³-hybridized carbons (Fsp3) is 0.500. The number of ketones is 2. The normalized spacial score (nSPS) is 22.7. The van der Waals surface area contributed by atoms with Gasteiger partial charge in [0.05, 0.1) is 16.8 Å². The Hall–Kier alpha value is -3.02. The minimum absolute atomic E-state index is 0.0239. The van der Waals surface area contributed by atoms with Gasteiger partial charge in [-0.1, -0.05) is 62.7 Å². The Labute approximate surface area is 201 Å². The zero-order valence-corrected chi connectivity index (χ0v) is 20.4. The lowest BCUT2D eigenvalue weighted by Gasteiger charge is -2.31. The van der Waals surface area contributed by atoms with Crippen LogP contribution < -0.4 is 0 Å². The van der Waals surface area contributed by atoms with Gasteiger partial charge in [-0.3, -0.25) is 14.6 Å². The second-order valence-electron chi connectivity index (χ2n) is 10.3. The Morgan fingerprint density at radius 1 is 1.15 bits per heavy atom. The molecule has 2 aliphatic carbocycles. The molecule has 1 aromatic carbocycles. The number of aliphatic imine (C=N–C) groups is 1. The summed E-state index contributed by atoms with van der Waals surface area (Å²) in [5.41, 5.74) is 3.14. The van der Waals surface area contributed by atoms with E-state index in [1.807, 2.05) is 30.3 Å². The number of carbonyl (C=O) groups is 2. The molecule has 1 unspecified atom stereocenters. The first kappa shape index (κ1) is 24.1. The van der Waals surface area contributed by atoms with E-state index in [2.05, 4.69) is 30.9 Å². The van der Waals surface area contributed by atoms with E-state index < -0.39 is 0 Å². The minimum Gasteiger partial charge on any atom is -0.511 e. The highest BCUT2D eigenvalue weighted by atomic mass is 16.5. The maximum absolute atomic E-state index is 13.0. The minimum atomic E-state index is -0.168. The summed E-state index contributed by atoms with van der Waals surface area (Å²) < 4.78 is 5.56. The molecular formula is C28H34N2O4. The quantitative estimate of drug-likeness (QED) is 0.311. The SMILES string of the molecule is CCCCN=C1CC(C)(C)CC(=O)C1=C(O)CCc1noc2c1C(=O)CC(c1ccccc1)C2. The van der Waals surface area contributed by atoms with Crippen LogP contribution >= 0.6 is 0 Å². The number of Topliss-reactive ketones (excluding diaryl/α,β-unsaturated/α-hetero) is 2. The van der Waals surface area contributed by atoms with Gasteiger partial charge >= 0.3 is 0 Å². The lowest BCUT2D eigenvalue weighted by atomic mass is 9.73. The molecule has 1 atom stereocenters. The van der Waals surface area contributed by atoms with Crippen molar-refractivity contribution in [1.29, 1.82) is 0 Å². The van der Waals surface area contributed by atoms with Gasteiger partial charge in [-0.2, -0.15) is 0 Å². The van der Waals surface area contributed by atoms with Crippen LogP contribution in [0, 0.1) is 5.41 Å². The van der Waals surface area contributed by atoms with Crippen LogP contribution in [0.2, 0.25) is 0 Å². The maximum atomic E-state index is 13.0. The highest BCUT2D eigenvalue weighted by Crippen LogP contribution is 2.37. The summed E-state index contributed by atoms with van der Waals surface area (Å²) in [5.74, 6) is 0.703. The number of aliphatic hydroxyl groups excluding tert-OH is 1. The van der Waals surface area contributed by atoms with Crippen molar-refractivity contribution in [3.63, 3.8) is 0 Å². The molecule has 2 aromatic rings. The molecule has 0 spiro atoms. The van der Waals surface area contributed by atoms with Crippen LogP contribution in [0.5, 0.6) is 0 Å². The highest BCUT2D eigenvalue weighted by molar-refractivity contribution is 6.24. The van der Waals surface area contributed by atoms with Crippen molar-refractivity contribution in [2.24, 2.45) is 10.4 Å². The second kappa shape index (κ2) is 10.1. The zero-order valence-electron chi connectivity index (χ0n) is 20.4. The molecule has 6 heteroatoms. The van der Waals surface area contributed by atoms with Crippen molar-refractivity contribution in [3.8, 4) is 0 Å². The molecule has 2 aliphatic rings. The zero-order chi connectivity index (χ0) is 24.3. The van der Waals surface area contributed by atoms with Gasteiger partial charge in [0.25, 0.3) is 0 Å². The maximum Gasteiger partial charge on any atom is 0.168 e. The molecule has 0 bridgehead atoms. The Morgan fingerprint density at radius 2 is 1.91 bits per heavy atom. The van der Waals surface area contributed by atoms with Crippen molar-refractivity contribution < 1.29 is 19.2 Å². The third-order valence-electron chi connectivity index (χ3n) is 6.80. The average Bonchev–Trinajstić information content (AvgIpc) is 3.21. The molecular weight excluding hydrogens is 428 g/mol. The van der Waals surface area contributed by atoms with Gasteiger partial charge in [0, 0.05) is 44.4 Å². The fourth-order valence-corrected chi connectivity index (χ4v) is 5.06. The molecule has 180 valence electrons. The van der Waals surface area contributed by atoms with Crippen LogP contribution in [0.15, 0.2) is 51.2 Å². The predicted octanol–water partition coefficient (Wildman–Crippen LogP) is 5.96. The van der Waals surface area contributed by atoms with E-state index in [1.165, 1.54) is 0 Å². The number of nitrogens with zero attached hydrogens (tertiary/aromatic N) is 2. The molecule has 1 heterocycles. The van der Waals surface area contributed by atoms with E-state index in [0.717, 1.165) is 18.4 Å². The molecule has 0 saturated heterocycles. The number of hydrogen-bond acceptors (Lipinski definition) is 6. The lowest BCUT2D eigenvalue weighted by Crippen LogP contribution is -2.33. The van der Waals surface area contributed by atoms with Crippen LogP contribution in [0.3, 0.4) is 0 Å². The molecule has 1 N–H and O–H groups in total. The molecule has 0 aliphatic heterocycles. The first-order chi connectivity index (χ1) is 16.3. The van der Waals surface area contributed by atoms with E-state index in [-0.39, 0.29) is 35.1 Å². The molecule has 0 amide bonds. The van der Waals surface area contributed by atoms with Gasteiger partial charge < -0.3 is 9.63 Å². The highest BCUT2D eigenvalue weighted by Gasteiger charge is 2.37. The van der Waals surface area contributed by atoms with Gasteiger partial charge in [-0.15, -0.1) is 0 Å². The van der Waals surface area contributed by atoms with Gasteiger partial charge in [-0.25, -0.2) is 0 Å². The third kappa shape index (κ3) is 5.21. The largest absolute Gasteiger partial charge is 0.511 e. The van der Waals surface area contributed by atoms with Crippen molar-refractivity contribution in [3.05, 3.63) is 64.2 Å². The topological polar surface area (TPSA) is 92.8 Å². The number of aromatic nitrogens is 1. The van der Waals surface area contributed by atoms with Crippen LogP contribution in [0.25, 0.3) is 0 Å². The number of unbranched alkanes of at least 4 members (excludes halogenated alkanes) is 1. The average molecular weight is 463 g/mol. The Bertz CT molecular complexity index is 1120. The number of benzene rings is 1. The molecule has 1 saturated carbocycles. The van der Waals surface area contributed by atoms with E-state index >= 15 is 0 Å². The number of hydrogen-bond donors (Lipinski definition) is 1. The molecule has 1 fully saturated rings. The summed E-state index contributed by atoms with van der Waals surface area (Å²) in [5, 5.41) is 15.1. The van der Waals surface area contributed by atoms with Crippen LogP contribution in [-0.4, -0.2) is 34.1 Å². The predicted molar refractivity (Wildman–Crippen MR) is 132 cm³/mol. The van der Waals surface area contributed by atoms with Crippen LogP contribution in [0.4, 0.5) is 0 Å². The summed E-state index contributed by atoms with van der Waals surface area (Å²) in [6.07, 6.45) is 4.64. The first-order valence-corrected chi connectivity index (χ1v) is 12.3. The Morgan fingerprint density at radius 3 is 2.65 bits per heavy atom. The second-order valence-corrected chi connectivity index (χ2v) is 10.3. The van der Waals surface area contributed by atoms with Gasteiger partial charge in [-0.05, 0) is 29.7 Å². The van der Waals surface area contributed by atoms with Crippen molar-refractivity contribution >= 4 is 17.3 Å². The summed E-state index contributed by atoms with van der Waals surface area (Å²) in [6, 6.07) is 9.99. The van der Waals surface area contributed by atoms with Crippen molar-refractivity contribution in [2.75, 3.05) is 6.54 Å². The molecule has 0 radical (unpaired) electrons. The number of aliphatic hydroxyl groups is 1. The summed E-state index contributed by atoms with van der Waals surface area (Å²) in [7, 11) is 0. The number of carbonyl (C=O) groups excluding carboxylic acids is 2. The van der Waals surface area contributed by atoms with E-state index in [4.69, 9.17) is 4.52 Å². The van der Waals surface area contributed by atoms with Crippen LogP contribution in [0.1, 0.15) is 92.6 Å². The van der Waals surface area contributed by atoms with Gasteiger partial charge in [0.15, 0.2) is 11.6 Å². The summed E-state index contributed by atoms with van der Waals surface area (Å²) >= 11 is 0. The monoisotopic (exact) mass is 462 g/mol. The smallest absolute Gasteiger partial charge is 0.168 e. The number of fused-ring (bicyclic) bond motifs is 1. The van der Waals surface area contributed by atoms with Crippen molar-refractivity contribution in [1.82, 2.24) is 5.16 Å². The first-order valence-electron chi connectivity index (χ1n) is 12.3. The van der Waals surface area contributed by atoms with E-state index in [9.17, 15) is 14.7 Å². The Kier molecular flexibility index (Phi) is 7.15. The van der Waals surface area contributed by atoms with Crippen LogP contribution in [-0.2, 0) is 17.6 Å². The molecule has 4 rings (SSSR count). The van der Waals surface area contributed by atoms with Crippen molar-refractivity contribution in [2.45, 2.75) is 78.1 Å².